The maximum Gasteiger partial charge on any atom is 0.472 e. The SMILES string of the molecule is CCC(C)CCCCCCCCCCCCCCCCCCCCC(=O)OC[C@H](COP(=O)(O)OC[C@@H](O)COP(=O)(O)OC[C@@H](COC(=O)CCCCCCCCC(C)CC)OC(=O)CCCCCCCCCCC(C)CC)OC(=O)CCCCCCCCC(C)CC. The van der Waals surface area contributed by atoms with E-state index in [1.807, 2.05) is 0 Å². The molecule has 0 spiro atoms. The number of phosphoric ester groups is 2. The first-order valence-corrected chi connectivity index (χ1v) is 41.8. The average Bonchev–Trinajstić information content (AvgIpc) is 1.79. The molecule has 0 aromatic carbocycles. The van der Waals surface area contributed by atoms with Crippen LogP contribution in [0.3, 0.4) is 0 Å². The van der Waals surface area contributed by atoms with Crippen LogP contribution in [0.5, 0.6) is 0 Å². The third-order valence-electron chi connectivity index (χ3n) is 18.8. The predicted molar refractivity (Wildman–Crippen MR) is 381 cm³/mol. The molecule has 0 radical (unpaired) electrons. The normalized spacial score (nSPS) is 15.3. The lowest BCUT2D eigenvalue weighted by atomic mass is 9.99. The van der Waals surface area contributed by atoms with Crippen molar-refractivity contribution in [3.8, 4) is 0 Å². The second-order valence-corrected chi connectivity index (χ2v) is 30.9. The van der Waals surface area contributed by atoms with Gasteiger partial charge in [-0.3, -0.25) is 37.3 Å². The number of carbonyl (C=O) groups excluding carboxylic acids is 4. The Morgan fingerprint density at radius 1 is 0.287 bits per heavy atom. The van der Waals surface area contributed by atoms with E-state index in [0.29, 0.717) is 25.7 Å². The van der Waals surface area contributed by atoms with E-state index in [-0.39, 0.29) is 25.7 Å². The number of hydrogen-bond donors (Lipinski definition) is 3. The van der Waals surface area contributed by atoms with Gasteiger partial charge in [-0.2, -0.15) is 0 Å². The highest BCUT2D eigenvalue weighted by Crippen LogP contribution is 2.45. The van der Waals surface area contributed by atoms with Crippen molar-refractivity contribution in [3.05, 3.63) is 0 Å². The molecule has 0 aromatic rings. The van der Waals surface area contributed by atoms with E-state index < -0.39 is 97.5 Å². The summed E-state index contributed by atoms with van der Waals surface area (Å²) in [7, 11) is -9.91. The third kappa shape index (κ3) is 63.5. The lowest BCUT2D eigenvalue weighted by Crippen LogP contribution is -2.30. The van der Waals surface area contributed by atoms with Crippen LogP contribution in [0.25, 0.3) is 0 Å². The van der Waals surface area contributed by atoms with Crippen LogP contribution in [0.4, 0.5) is 0 Å². The van der Waals surface area contributed by atoms with Gasteiger partial charge in [0.1, 0.15) is 19.3 Å². The van der Waals surface area contributed by atoms with E-state index in [9.17, 15) is 43.2 Å². The smallest absolute Gasteiger partial charge is 0.462 e. The summed E-state index contributed by atoms with van der Waals surface area (Å²) in [6, 6.07) is 0. The van der Waals surface area contributed by atoms with Crippen molar-refractivity contribution in [2.24, 2.45) is 23.7 Å². The van der Waals surface area contributed by atoms with Crippen LogP contribution in [-0.2, 0) is 65.4 Å². The fourth-order valence-electron chi connectivity index (χ4n) is 11.2. The lowest BCUT2D eigenvalue weighted by molar-refractivity contribution is -0.161. The Morgan fingerprint density at radius 2 is 0.479 bits per heavy atom. The summed E-state index contributed by atoms with van der Waals surface area (Å²) in [6.45, 7) is 14.2. The first kappa shape index (κ1) is 92.1. The number of aliphatic hydroxyl groups is 1. The van der Waals surface area contributed by atoms with Crippen LogP contribution in [0.1, 0.15) is 376 Å². The molecule has 558 valence electrons. The fourth-order valence-corrected chi connectivity index (χ4v) is 12.8. The third-order valence-corrected chi connectivity index (χ3v) is 20.7. The molecular formula is C75H146O17P2. The number of esters is 4. The van der Waals surface area contributed by atoms with Gasteiger partial charge in [0.15, 0.2) is 12.2 Å². The Morgan fingerprint density at radius 3 is 0.702 bits per heavy atom. The highest BCUT2D eigenvalue weighted by molar-refractivity contribution is 7.47. The summed E-state index contributed by atoms with van der Waals surface area (Å²) in [5.74, 6) is 0.965. The van der Waals surface area contributed by atoms with E-state index in [2.05, 4.69) is 55.4 Å². The van der Waals surface area contributed by atoms with Gasteiger partial charge in [0.05, 0.1) is 26.4 Å². The molecule has 0 amide bonds. The number of unbranched alkanes of at least 4 members (excludes halogenated alkanes) is 34. The summed E-state index contributed by atoms with van der Waals surface area (Å²) in [5.41, 5.74) is 0. The van der Waals surface area contributed by atoms with Crippen LogP contribution < -0.4 is 0 Å². The number of carbonyl (C=O) groups is 4. The molecule has 0 fully saturated rings. The number of ether oxygens (including phenoxy) is 4. The van der Waals surface area contributed by atoms with Gasteiger partial charge in [0.2, 0.25) is 0 Å². The molecule has 0 aliphatic heterocycles. The number of phosphoric acid groups is 2. The summed E-state index contributed by atoms with van der Waals surface area (Å²) in [4.78, 5) is 72.7. The van der Waals surface area contributed by atoms with Crippen LogP contribution in [0.15, 0.2) is 0 Å². The molecule has 94 heavy (non-hydrogen) atoms. The van der Waals surface area contributed by atoms with E-state index in [0.717, 1.165) is 120 Å². The largest absolute Gasteiger partial charge is 0.472 e. The minimum Gasteiger partial charge on any atom is -0.462 e. The van der Waals surface area contributed by atoms with E-state index in [1.54, 1.807) is 0 Å². The molecule has 0 saturated carbocycles. The molecule has 0 heterocycles. The second kappa shape index (κ2) is 64.4. The molecule has 0 saturated heterocycles. The average molecular weight is 1380 g/mol. The van der Waals surface area contributed by atoms with Crippen LogP contribution >= 0.6 is 15.6 Å². The second-order valence-electron chi connectivity index (χ2n) is 28.0. The quantitative estimate of drug-likeness (QED) is 0.0222. The Bertz CT molecular complexity index is 1860. The van der Waals surface area contributed by atoms with Crippen LogP contribution in [-0.4, -0.2) is 96.7 Å². The van der Waals surface area contributed by atoms with Crippen molar-refractivity contribution in [2.75, 3.05) is 39.6 Å². The zero-order chi connectivity index (χ0) is 69.6. The molecule has 0 aliphatic carbocycles. The number of hydrogen-bond acceptors (Lipinski definition) is 15. The molecular weight excluding hydrogens is 1230 g/mol. The van der Waals surface area contributed by atoms with Crippen LogP contribution in [0, 0.1) is 23.7 Å². The Kier molecular flexibility index (Phi) is 63.1. The maximum atomic E-state index is 13.0. The number of aliphatic hydroxyl groups excluding tert-OH is 1. The van der Waals surface area contributed by atoms with Gasteiger partial charge in [-0.25, -0.2) is 9.13 Å². The molecule has 9 atom stereocenters. The van der Waals surface area contributed by atoms with Gasteiger partial charge in [-0.1, -0.05) is 325 Å². The van der Waals surface area contributed by atoms with Crippen molar-refractivity contribution in [3.63, 3.8) is 0 Å². The lowest BCUT2D eigenvalue weighted by Gasteiger charge is -2.21. The Balaban J connectivity index is 5.14. The molecule has 0 bridgehead atoms. The van der Waals surface area contributed by atoms with Gasteiger partial charge < -0.3 is 33.8 Å². The molecule has 17 nitrogen and oxygen atoms in total. The molecule has 0 rings (SSSR count). The van der Waals surface area contributed by atoms with E-state index in [1.165, 1.54) is 173 Å². The molecule has 19 heteroatoms. The minimum absolute atomic E-state index is 0.103. The Hall–Kier alpha value is -1.94. The molecule has 6 unspecified atom stereocenters. The summed E-state index contributed by atoms with van der Waals surface area (Å²) >= 11 is 0. The summed E-state index contributed by atoms with van der Waals surface area (Å²) in [6.07, 6.45) is 48.8. The highest BCUT2D eigenvalue weighted by atomic mass is 31.2. The summed E-state index contributed by atoms with van der Waals surface area (Å²) < 4.78 is 68.4. The van der Waals surface area contributed by atoms with Gasteiger partial charge in [0, 0.05) is 25.7 Å². The molecule has 3 N–H and O–H groups in total. The topological polar surface area (TPSA) is 237 Å². The van der Waals surface area contributed by atoms with E-state index >= 15 is 0 Å². The molecule has 0 aliphatic rings. The minimum atomic E-state index is -4.96. The molecule has 0 aromatic heterocycles. The fraction of sp³-hybridized carbons (Fsp3) is 0.947. The Labute approximate surface area is 575 Å². The first-order valence-electron chi connectivity index (χ1n) is 38.9. The van der Waals surface area contributed by atoms with Crippen LogP contribution in [0.2, 0.25) is 0 Å². The van der Waals surface area contributed by atoms with Gasteiger partial charge in [-0.05, 0) is 49.4 Å². The highest BCUT2D eigenvalue weighted by Gasteiger charge is 2.30. The van der Waals surface area contributed by atoms with Crippen molar-refractivity contribution >= 4 is 39.5 Å². The van der Waals surface area contributed by atoms with Gasteiger partial charge in [-0.15, -0.1) is 0 Å². The van der Waals surface area contributed by atoms with Crippen molar-refractivity contribution in [2.45, 2.75) is 395 Å². The monoisotopic (exact) mass is 1380 g/mol. The van der Waals surface area contributed by atoms with Crippen molar-refractivity contribution < 1.29 is 80.2 Å². The summed E-state index contributed by atoms with van der Waals surface area (Å²) in [5, 5.41) is 10.6. The predicted octanol–water partition coefficient (Wildman–Crippen LogP) is 21.7. The van der Waals surface area contributed by atoms with Gasteiger partial charge in [0.25, 0.3) is 0 Å². The van der Waals surface area contributed by atoms with Crippen molar-refractivity contribution in [1.29, 1.82) is 0 Å². The maximum absolute atomic E-state index is 13.0. The standard InChI is InChI=1S/C75H146O17P2/c1-9-65(5)51-43-35-27-23-21-19-17-15-13-14-16-18-20-22-24-29-39-47-55-72(77)85-61-71(92-75(80)58-50-42-34-32-38-46-54-68(8)12-4)64-90-94(83,84)88-60-69(76)59-87-93(81,82)89-63-70(62-86-73(78)56-48-40-33-31-37-45-53-67(7)11-3)91-74(79)57-49-41-30-26-25-28-36-44-52-66(6)10-2/h65-71,76H,9-64H2,1-8H3,(H,81,82)(H,83,84)/t65?,66?,67?,68?,69-,70+,71+/m0/s1. The van der Waals surface area contributed by atoms with Gasteiger partial charge >= 0.3 is 39.5 Å². The first-order chi connectivity index (χ1) is 45.2. The van der Waals surface area contributed by atoms with E-state index in [4.69, 9.17) is 37.0 Å². The van der Waals surface area contributed by atoms with Crippen molar-refractivity contribution in [1.82, 2.24) is 0 Å². The zero-order valence-corrected chi connectivity index (χ0v) is 63.4. The number of rotatable bonds is 72. The zero-order valence-electron chi connectivity index (χ0n) is 61.6.